The van der Waals surface area contributed by atoms with Crippen molar-refractivity contribution in [3.05, 3.63) is 17.2 Å². The number of rotatable bonds is 6. The summed E-state index contributed by atoms with van der Waals surface area (Å²) in [6.07, 6.45) is 1.14. The van der Waals surface area contributed by atoms with E-state index in [-0.39, 0.29) is 0 Å². The lowest BCUT2D eigenvalue weighted by Gasteiger charge is -2.19. The van der Waals surface area contributed by atoms with E-state index in [0.29, 0.717) is 24.8 Å². The van der Waals surface area contributed by atoms with Crippen molar-refractivity contribution in [2.75, 3.05) is 27.3 Å². The number of aliphatic hydroxyl groups is 1. The predicted octanol–water partition coefficient (Wildman–Crippen LogP) is 0.513. The van der Waals surface area contributed by atoms with Crippen LogP contribution in [0.1, 0.15) is 5.82 Å². The highest BCUT2D eigenvalue weighted by atomic mass is 35.5. The van der Waals surface area contributed by atoms with E-state index in [4.69, 9.17) is 16.3 Å². The fourth-order valence-corrected chi connectivity index (χ4v) is 1.63. The van der Waals surface area contributed by atoms with Crippen LogP contribution in [0.15, 0.2) is 6.20 Å². The van der Waals surface area contributed by atoms with Gasteiger partial charge in [-0.2, -0.15) is 0 Å². The minimum atomic E-state index is -0.481. The van der Waals surface area contributed by atoms with E-state index in [1.165, 1.54) is 0 Å². The van der Waals surface area contributed by atoms with Crippen molar-refractivity contribution in [1.82, 2.24) is 14.5 Å². The zero-order valence-electron chi connectivity index (χ0n) is 9.85. The first-order valence-corrected chi connectivity index (χ1v) is 5.44. The molecule has 1 unspecified atom stereocenters. The summed E-state index contributed by atoms with van der Waals surface area (Å²) in [5.74, 6) is 0.872. The Kier molecular flexibility index (Phi) is 5.21. The smallest absolute Gasteiger partial charge is 0.128 e. The number of aromatic nitrogens is 2. The van der Waals surface area contributed by atoms with Gasteiger partial charge in [-0.3, -0.25) is 4.90 Å². The average molecular weight is 248 g/mol. The summed E-state index contributed by atoms with van der Waals surface area (Å²) >= 11 is 5.88. The molecule has 0 aliphatic rings. The van der Waals surface area contributed by atoms with Crippen LogP contribution in [0.2, 0.25) is 5.15 Å². The van der Waals surface area contributed by atoms with Crippen LogP contribution in [0, 0.1) is 0 Å². The van der Waals surface area contributed by atoms with E-state index in [9.17, 15) is 5.11 Å². The van der Waals surface area contributed by atoms with Gasteiger partial charge in [-0.25, -0.2) is 4.98 Å². The molecule has 1 aromatic heterocycles. The van der Waals surface area contributed by atoms with Gasteiger partial charge in [0.05, 0.1) is 25.5 Å². The van der Waals surface area contributed by atoms with Gasteiger partial charge in [-0.05, 0) is 7.05 Å². The number of halogens is 1. The maximum absolute atomic E-state index is 9.55. The lowest BCUT2D eigenvalue weighted by Crippen LogP contribution is -2.32. The molecular formula is C10H18ClN3O2. The number of hydrogen-bond donors (Lipinski definition) is 1. The van der Waals surface area contributed by atoms with E-state index in [1.54, 1.807) is 13.3 Å². The Bertz CT molecular complexity index is 330. The molecule has 1 heterocycles. The van der Waals surface area contributed by atoms with E-state index in [2.05, 4.69) is 4.98 Å². The van der Waals surface area contributed by atoms with E-state index < -0.39 is 6.10 Å². The van der Waals surface area contributed by atoms with Crippen LogP contribution in [0.4, 0.5) is 0 Å². The molecule has 0 spiro atoms. The van der Waals surface area contributed by atoms with Crippen molar-refractivity contribution in [3.8, 4) is 0 Å². The van der Waals surface area contributed by atoms with Crippen molar-refractivity contribution in [1.29, 1.82) is 0 Å². The van der Waals surface area contributed by atoms with Crippen molar-refractivity contribution in [2.24, 2.45) is 7.05 Å². The second-order valence-corrected chi connectivity index (χ2v) is 4.25. The molecule has 0 aromatic carbocycles. The maximum atomic E-state index is 9.55. The van der Waals surface area contributed by atoms with Crippen molar-refractivity contribution < 1.29 is 9.84 Å². The third-order valence-corrected chi connectivity index (χ3v) is 2.67. The maximum Gasteiger partial charge on any atom is 0.128 e. The fraction of sp³-hybridized carbons (Fsp3) is 0.700. The summed E-state index contributed by atoms with van der Waals surface area (Å²) in [5.41, 5.74) is 0. The topological polar surface area (TPSA) is 50.5 Å². The van der Waals surface area contributed by atoms with Crippen molar-refractivity contribution in [3.63, 3.8) is 0 Å². The van der Waals surface area contributed by atoms with Crippen LogP contribution in [0.5, 0.6) is 0 Å². The molecule has 0 bridgehead atoms. The number of aliphatic hydroxyl groups excluding tert-OH is 1. The molecule has 0 fully saturated rings. The number of ether oxygens (including phenoxy) is 1. The van der Waals surface area contributed by atoms with Crippen LogP contribution in [-0.4, -0.2) is 53.0 Å². The normalized spacial score (nSPS) is 13.4. The fourth-order valence-electron chi connectivity index (χ4n) is 1.48. The second kappa shape index (κ2) is 6.20. The molecule has 0 saturated heterocycles. The number of imidazole rings is 1. The largest absolute Gasteiger partial charge is 0.389 e. The molecule has 5 nitrogen and oxygen atoms in total. The van der Waals surface area contributed by atoms with E-state index >= 15 is 0 Å². The SMILES string of the molecule is COCC(O)CN(C)Cc1ncc(Cl)n1C. The first kappa shape index (κ1) is 13.4. The number of nitrogens with zero attached hydrogens (tertiary/aromatic N) is 3. The van der Waals surface area contributed by atoms with Crippen LogP contribution in [0.3, 0.4) is 0 Å². The Morgan fingerprint density at radius 1 is 1.69 bits per heavy atom. The van der Waals surface area contributed by atoms with Crippen LogP contribution < -0.4 is 0 Å². The van der Waals surface area contributed by atoms with Crippen LogP contribution in [0.25, 0.3) is 0 Å². The summed E-state index contributed by atoms with van der Waals surface area (Å²) in [4.78, 5) is 6.16. The molecule has 1 atom stereocenters. The first-order chi connectivity index (χ1) is 7.54. The van der Waals surface area contributed by atoms with Crippen molar-refractivity contribution >= 4 is 11.6 Å². The van der Waals surface area contributed by atoms with E-state index in [1.807, 2.05) is 23.6 Å². The third-order valence-electron chi connectivity index (χ3n) is 2.32. The lowest BCUT2D eigenvalue weighted by molar-refractivity contribution is 0.0413. The zero-order valence-corrected chi connectivity index (χ0v) is 10.6. The zero-order chi connectivity index (χ0) is 12.1. The average Bonchev–Trinajstić information content (AvgIpc) is 2.50. The summed E-state index contributed by atoms with van der Waals surface area (Å²) in [6.45, 7) is 1.52. The minimum absolute atomic E-state index is 0.339. The molecule has 1 rings (SSSR count). The van der Waals surface area contributed by atoms with Gasteiger partial charge < -0.3 is 14.4 Å². The second-order valence-electron chi connectivity index (χ2n) is 3.86. The molecule has 6 heteroatoms. The Hall–Kier alpha value is -0.620. The van der Waals surface area contributed by atoms with Gasteiger partial charge in [0, 0.05) is 20.7 Å². The predicted molar refractivity (Wildman–Crippen MR) is 62.4 cm³/mol. The van der Waals surface area contributed by atoms with Crippen molar-refractivity contribution in [2.45, 2.75) is 12.6 Å². The highest BCUT2D eigenvalue weighted by molar-refractivity contribution is 6.29. The first-order valence-electron chi connectivity index (χ1n) is 5.06. The summed E-state index contributed by atoms with van der Waals surface area (Å²) < 4.78 is 6.68. The summed E-state index contributed by atoms with van der Waals surface area (Å²) in [6, 6.07) is 0. The molecular weight excluding hydrogens is 230 g/mol. The Morgan fingerprint density at radius 3 is 2.88 bits per heavy atom. The standard InChI is InChI=1S/C10H18ClN3O2/c1-13(5-8(15)7-16-3)6-10-12-4-9(11)14(10)2/h4,8,15H,5-7H2,1-3H3. The Balaban J connectivity index is 2.45. The van der Waals surface area contributed by atoms with Gasteiger partial charge in [0.2, 0.25) is 0 Å². The highest BCUT2D eigenvalue weighted by Gasteiger charge is 2.11. The van der Waals surface area contributed by atoms with Gasteiger partial charge in [-0.1, -0.05) is 11.6 Å². The molecule has 0 aliphatic heterocycles. The van der Waals surface area contributed by atoms with Gasteiger partial charge in [-0.15, -0.1) is 0 Å². The number of hydrogen-bond acceptors (Lipinski definition) is 4. The third kappa shape index (κ3) is 3.75. The molecule has 0 aliphatic carbocycles. The Morgan fingerprint density at radius 2 is 2.38 bits per heavy atom. The molecule has 0 saturated carbocycles. The van der Waals surface area contributed by atoms with Gasteiger partial charge in [0.1, 0.15) is 11.0 Å². The molecule has 1 N–H and O–H groups in total. The van der Waals surface area contributed by atoms with Gasteiger partial charge >= 0.3 is 0 Å². The van der Waals surface area contributed by atoms with Crippen LogP contribution in [-0.2, 0) is 18.3 Å². The number of methoxy groups -OCH3 is 1. The number of likely N-dealkylation sites (N-methyl/N-ethyl adjacent to an activating group) is 1. The minimum Gasteiger partial charge on any atom is -0.389 e. The summed E-state index contributed by atoms with van der Waals surface area (Å²) in [7, 11) is 5.35. The molecule has 1 aromatic rings. The van der Waals surface area contributed by atoms with Crippen LogP contribution >= 0.6 is 11.6 Å². The van der Waals surface area contributed by atoms with E-state index in [0.717, 1.165) is 5.82 Å². The quantitative estimate of drug-likeness (QED) is 0.796. The highest BCUT2D eigenvalue weighted by Crippen LogP contribution is 2.10. The van der Waals surface area contributed by atoms with Gasteiger partial charge in [0.15, 0.2) is 0 Å². The molecule has 0 amide bonds. The lowest BCUT2D eigenvalue weighted by atomic mass is 10.3. The Labute approximate surface area is 101 Å². The summed E-state index contributed by atoms with van der Waals surface area (Å²) in [5, 5.41) is 10.2. The van der Waals surface area contributed by atoms with Gasteiger partial charge in [0.25, 0.3) is 0 Å². The molecule has 16 heavy (non-hydrogen) atoms. The molecule has 92 valence electrons. The molecule has 0 radical (unpaired) electrons. The monoisotopic (exact) mass is 247 g/mol.